The molecule has 0 bridgehead atoms. The number of nitrogens with zero attached hydrogens (tertiary/aromatic N) is 2. The second-order valence-corrected chi connectivity index (χ2v) is 5.07. The van der Waals surface area contributed by atoms with Crippen LogP contribution < -0.4 is 10.6 Å². The fraction of sp³-hybridized carbons (Fsp3) is 0.385. The van der Waals surface area contributed by atoms with Gasteiger partial charge in [0.1, 0.15) is 17.7 Å². The number of aliphatic imine (C=N–C) groups is 1. The molecule has 2 heterocycles. The first-order valence-corrected chi connectivity index (χ1v) is 6.76. The second-order valence-electron chi connectivity index (χ2n) is 4.64. The molecule has 9 heteroatoms. The van der Waals surface area contributed by atoms with Gasteiger partial charge in [-0.15, -0.1) is 0 Å². The minimum atomic E-state index is -4.57. The van der Waals surface area contributed by atoms with E-state index in [1.807, 2.05) is 0 Å². The van der Waals surface area contributed by atoms with Crippen molar-refractivity contribution in [2.45, 2.75) is 18.8 Å². The summed E-state index contributed by atoms with van der Waals surface area (Å²) >= 11 is 5.85. The maximum atomic E-state index is 12.8. The number of hydrogen-bond donors (Lipinski definition) is 3. The fourth-order valence-corrected chi connectivity index (χ4v) is 2.19. The maximum absolute atomic E-state index is 12.8. The summed E-state index contributed by atoms with van der Waals surface area (Å²) in [5, 5.41) is 15.2. The molecule has 1 aliphatic heterocycles. The molecule has 0 radical (unpaired) electrons. The molecule has 22 heavy (non-hydrogen) atoms. The third kappa shape index (κ3) is 3.89. The normalized spacial score (nSPS) is 18.5. The Kier molecular flexibility index (Phi) is 4.92. The molecule has 1 unspecified atom stereocenters. The zero-order chi connectivity index (χ0) is 16.3. The van der Waals surface area contributed by atoms with E-state index in [4.69, 9.17) is 16.7 Å². The first-order chi connectivity index (χ1) is 10.3. The van der Waals surface area contributed by atoms with Crippen molar-refractivity contribution >= 4 is 28.8 Å². The SMILES string of the molecule is CNc1ncc(Cl)cc1NC1CC(CO)=CC(C(F)(F)F)=N1. The molecule has 0 spiro atoms. The first kappa shape index (κ1) is 16.6. The molecule has 0 saturated heterocycles. The average molecular weight is 335 g/mol. The number of pyridine rings is 1. The number of aromatic nitrogens is 1. The van der Waals surface area contributed by atoms with Crippen LogP contribution in [-0.2, 0) is 0 Å². The first-order valence-electron chi connectivity index (χ1n) is 6.38. The van der Waals surface area contributed by atoms with Gasteiger partial charge in [0, 0.05) is 19.7 Å². The molecule has 120 valence electrons. The van der Waals surface area contributed by atoms with Gasteiger partial charge in [0.05, 0.1) is 17.3 Å². The van der Waals surface area contributed by atoms with Crippen LogP contribution in [-0.4, -0.2) is 41.8 Å². The van der Waals surface area contributed by atoms with Crippen LogP contribution in [0.4, 0.5) is 24.7 Å². The lowest BCUT2D eigenvalue weighted by atomic mass is 10.1. The highest BCUT2D eigenvalue weighted by Gasteiger charge is 2.37. The number of dihydropyridines is 1. The topological polar surface area (TPSA) is 69.5 Å². The minimum absolute atomic E-state index is 0.158. The van der Waals surface area contributed by atoms with E-state index in [-0.39, 0.29) is 12.0 Å². The molecular weight excluding hydrogens is 321 g/mol. The third-order valence-corrected chi connectivity index (χ3v) is 3.20. The van der Waals surface area contributed by atoms with Crippen molar-refractivity contribution in [1.82, 2.24) is 4.98 Å². The van der Waals surface area contributed by atoms with E-state index in [1.54, 1.807) is 13.1 Å². The van der Waals surface area contributed by atoms with Crippen LogP contribution in [0.1, 0.15) is 6.42 Å². The Morgan fingerprint density at radius 3 is 2.77 bits per heavy atom. The predicted molar refractivity (Wildman–Crippen MR) is 79.5 cm³/mol. The highest BCUT2D eigenvalue weighted by Crippen LogP contribution is 2.28. The Labute approximate surface area is 129 Å². The van der Waals surface area contributed by atoms with Gasteiger partial charge in [0.25, 0.3) is 0 Å². The van der Waals surface area contributed by atoms with Crippen LogP contribution in [0.15, 0.2) is 28.9 Å². The van der Waals surface area contributed by atoms with Crippen LogP contribution in [0.3, 0.4) is 0 Å². The van der Waals surface area contributed by atoms with E-state index in [9.17, 15) is 13.2 Å². The van der Waals surface area contributed by atoms with Crippen LogP contribution in [0, 0.1) is 0 Å². The summed E-state index contributed by atoms with van der Waals surface area (Å²) in [5.41, 5.74) is -0.341. The third-order valence-electron chi connectivity index (χ3n) is 3.00. The predicted octanol–water partition coefficient (Wildman–Crippen LogP) is 2.84. The maximum Gasteiger partial charge on any atom is 0.432 e. The molecule has 3 N–H and O–H groups in total. The Hall–Kier alpha value is -1.80. The number of hydrogen-bond acceptors (Lipinski definition) is 5. The van der Waals surface area contributed by atoms with Gasteiger partial charge in [-0.25, -0.2) is 4.98 Å². The molecule has 0 aliphatic carbocycles. The van der Waals surface area contributed by atoms with Crippen LogP contribution in [0.25, 0.3) is 0 Å². The Bertz CT molecular complexity index is 616. The average Bonchev–Trinajstić information content (AvgIpc) is 2.46. The molecule has 0 saturated carbocycles. The van der Waals surface area contributed by atoms with Gasteiger partial charge in [-0.05, 0) is 17.7 Å². The Morgan fingerprint density at radius 2 is 2.18 bits per heavy atom. The van der Waals surface area contributed by atoms with Gasteiger partial charge in [-0.2, -0.15) is 13.2 Å². The van der Waals surface area contributed by atoms with E-state index in [0.29, 0.717) is 16.5 Å². The van der Waals surface area contributed by atoms with Crippen molar-refractivity contribution < 1.29 is 18.3 Å². The number of aliphatic hydroxyl groups excluding tert-OH is 1. The van der Waals surface area contributed by atoms with E-state index in [0.717, 1.165) is 6.08 Å². The smallest absolute Gasteiger partial charge is 0.392 e. The highest BCUT2D eigenvalue weighted by atomic mass is 35.5. The van der Waals surface area contributed by atoms with Gasteiger partial charge in [-0.1, -0.05) is 11.6 Å². The van der Waals surface area contributed by atoms with E-state index in [2.05, 4.69) is 20.6 Å². The van der Waals surface area contributed by atoms with Crippen LogP contribution in [0.2, 0.25) is 5.02 Å². The molecular formula is C13H14ClF3N4O. The molecule has 0 fully saturated rings. The molecule has 1 aromatic heterocycles. The minimum Gasteiger partial charge on any atom is -0.392 e. The number of anilines is 2. The largest absolute Gasteiger partial charge is 0.432 e. The van der Waals surface area contributed by atoms with Gasteiger partial charge < -0.3 is 15.7 Å². The van der Waals surface area contributed by atoms with Crippen molar-refractivity contribution in [3.05, 3.63) is 28.9 Å². The van der Waals surface area contributed by atoms with Gasteiger partial charge in [0.15, 0.2) is 0 Å². The van der Waals surface area contributed by atoms with E-state index >= 15 is 0 Å². The molecule has 0 aromatic carbocycles. The summed E-state index contributed by atoms with van der Waals surface area (Å²) in [6, 6.07) is 1.54. The second kappa shape index (κ2) is 6.53. The zero-order valence-corrected chi connectivity index (χ0v) is 12.3. The Balaban J connectivity index is 2.28. The zero-order valence-electron chi connectivity index (χ0n) is 11.6. The summed E-state index contributed by atoms with van der Waals surface area (Å²) in [4.78, 5) is 7.67. The quantitative estimate of drug-likeness (QED) is 0.792. The Morgan fingerprint density at radius 1 is 1.45 bits per heavy atom. The highest BCUT2D eigenvalue weighted by molar-refractivity contribution is 6.30. The lowest BCUT2D eigenvalue weighted by Gasteiger charge is -2.24. The van der Waals surface area contributed by atoms with Gasteiger partial charge in [-0.3, -0.25) is 4.99 Å². The molecule has 1 aliphatic rings. The fourth-order valence-electron chi connectivity index (χ4n) is 2.03. The number of allylic oxidation sites excluding steroid dienone is 1. The summed E-state index contributed by atoms with van der Waals surface area (Å²) in [5.74, 6) is 0.438. The number of alkyl halides is 3. The van der Waals surface area contributed by atoms with Crippen molar-refractivity contribution in [2.75, 3.05) is 24.3 Å². The summed E-state index contributed by atoms with van der Waals surface area (Å²) < 4.78 is 38.5. The van der Waals surface area contributed by atoms with Gasteiger partial charge >= 0.3 is 6.18 Å². The number of halogens is 4. The van der Waals surface area contributed by atoms with E-state index < -0.39 is 24.7 Å². The molecule has 5 nitrogen and oxygen atoms in total. The van der Waals surface area contributed by atoms with Gasteiger partial charge in [0.2, 0.25) is 0 Å². The summed E-state index contributed by atoms with van der Waals surface area (Å²) in [7, 11) is 1.63. The van der Waals surface area contributed by atoms with Crippen LogP contribution >= 0.6 is 11.6 Å². The molecule has 2 rings (SSSR count). The summed E-state index contributed by atoms with van der Waals surface area (Å²) in [6.45, 7) is -0.458. The lowest BCUT2D eigenvalue weighted by Crippen LogP contribution is -2.31. The van der Waals surface area contributed by atoms with Crippen LogP contribution in [0.5, 0.6) is 0 Å². The molecule has 0 amide bonds. The lowest BCUT2D eigenvalue weighted by molar-refractivity contribution is -0.0582. The monoisotopic (exact) mass is 334 g/mol. The number of aliphatic hydroxyl groups is 1. The summed E-state index contributed by atoms with van der Waals surface area (Å²) in [6.07, 6.45) is -2.99. The standard InChI is InChI=1S/C13H14ClF3N4O/c1-18-12-9(4-8(14)5-19-12)20-11-3-7(6-22)2-10(21-11)13(15,16)17/h2,4-5,11,20,22H,3,6H2,1H3,(H,18,19). The number of nitrogens with one attached hydrogen (secondary N) is 2. The molecule has 1 aromatic rings. The van der Waals surface area contributed by atoms with Crippen molar-refractivity contribution in [2.24, 2.45) is 4.99 Å². The van der Waals surface area contributed by atoms with E-state index in [1.165, 1.54) is 6.20 Å². The number of rotatable bonds is 4. The van der Waals surface area contributed by atoms with Crippen molar-refractivity contribution in [1.29, 1.82) is 0 Å². The van der Waals surface area contributed by atoms with Crippen molar-refractivity contribution in [3.8, 4) is 0 Å². The van der Waals surface area contributed by atoms with Crippen molar-refractivity contribution in [3.63, 3.8) is 0 Å². The molecule has 1 atom stereocenters.